The smallest absolute Gasteiger partial charge is 0.331 e. The average Bonchev–Trinajstić information content (AvgIpc) is 2.99. The molecule has 4 rings (SSSR count). The summed E-state index contributed by atoms with van der Waals surface area (Å²) in [5.74, 6) is -5.75. The molecule has 0 spiro atoms. The molecule has 2 bridgehead atoms. The van der Waals surface area contributed by atoms with Crippen LogP contribution in [0.5, 0.6) is 0 Å². The Morgan fingerprint density at radius 3 is 1.94 bits per heavy atom. The van der Waals surface area contributed by atoms with E-state index in [1.807, 2.05) is 6.07 Å². The maximum absolute atomic E-state index is 13.7. The Morgan fingerprint density at radius 2 is 1.39 bits per heavy atom. The minimum atomic E-state index is -2.18. The van der Waals surface area contributed by atoms with Crippen LogP contribution in [0.4, 0.5) is 0 Å². The van der Waals surface area contributed by atoms with Gasteiger partial charge < -0.3 is 28.8 Å². The van der Waals surface area contributed by atoms with Gasteiger partial charge in [0.2, 0.25) is 0 Å². The number of carbonyl (C=O) groups is 6. The first-order chi connectivity index (χ1) is 22.7. The van der Waals surface area contributed by atoms with Gasteiger partial charge in [-0.05, 0) is 35.3 Å². The van der Waals surface area contributed by atoms with E-state index in [2.05, 4.69) is 6.58 Å². The van der Waals surface area contributed by atoms with Crippen LogP contribution in [0, 0.1) is 16.7 Å². The Labute approximate surface area is 285 Å². The highest BCUT2D eigenvalue weighted by Crippen LogP contribution is 2.62. The molecule has 2 saturated carbocycles. The first-order valence-electron chi connectivity index (χ1n) is 16.0. The Kier molecular flexibility index (Phi) is 10.4. The molecule has 49 heavy (non-hydrogen) atoms. The van der Waals surface area contributed by atoms with E-state index < -0.39 is 94.9 Å². The van der Waals surface area contributed by atoms with Crippen molar-refractivity contribution in [3.8, 4) is 0 Å². The van der Waals surface area contributed by atoms with Crippen LogP contribution in [0.1, 0.15) is 73.8 Å². The van der Waals surface area contributed by atoms with Crippen LogP contribution < -0.4 is 0 Å². The molecule has 3 aliphatic rings. The summed E-state index contributed by atoms with van der Waals surface area (Å²) in [6.07, 6.45) is -4.95. The van der Waals surface area contributed by atoms with E-state index in [1.165, 1.54) is 19.9 Å². The topological polar surface area (TPSA) is 169 Å². The van der Waals surface area contributed by atoms with Crippen molar-refractivity contribution in [2.75, 3.05) is 0 Å². The number of fused-ring (bicyclic) bond motifs is 3. The first kappa shape index (κ1) is 37.2. The highest BCUT2D eigenvalue weighted by molar-refractivity contribution is 5.98. The van der Waals surface area contributed by atoms with Crippen molar-refractivity contribution in [1.29, 1.82) is 0 Å². The third-order valence-corrected chi connectivity index (χ3v) is 10.2. The maximum Gasteiger partial charge on any atom is 0.331 e. The number of aliphatic hydroxyl groups is 1. The number of rotatable bonds is 7. The number of Topliss-reactive ketones (excluding diaryl/α,β-unsaturated/α-hetero) is 1. The minimum Gasteiger partial charge on any atom is -0.462 e. The predicted octanol–water partition coefficient (Wildman–Crippen LogP) is 3.98. The second kappa shape index (κ2) is 13.7. The molecule has 0 saturated heterocycles. The van der Waals surface area contributed by atoms with Gasteiger partial charge in [-0.1, -0.05) is 57.7 Å². The summed E-state index contributed by atoms with van der Waals surface area (Å²) < 4.78 is 29.6. The minimum absolute atomic E-state index is 0.128. The molecule has 0 aliphatic heterocycles. The third kappa shape index (κ3) is 6.83. The van der Waals surface area contributed by atoms with E-state index in [1.54, 1.807) is 51.1 Å². The van der Waals surface area contributed by atoms with Crippen LogP contribution in [0.15, 0.2) is 59.7 Å². The van der Waals surface area contributed by atoms with Crippen molar-refractivity contribution < 1.29 is 57.6 Å². The van der Waals surface area contributed by atoms with E-state index in [4.69, 9.17) is 23.7 Å². The first-order valence-corrected chi connectivity index (χ1v) is 16.0. The normalized spacial score (nSPS) is 32.3. The third-order valence-electron chi connectivity index (χ3n) is 10.2. The van der Waals surface area contributed by atoms with Crippen molar-refractivity contribution in [2.45, 2.75) is 104 Å². The van der Waals surface area contributed by atoms with Gasteiger partial charge in [-0.15, -0.1) is 0 Å². The molecule has 0 aromatic heterocycles. The summed E-state index contributed by atoms with van der Waals surface area (Å²) in [7, 11) is 0. The van der Waals surface area contributed by atoms with E-state index in [0.717, 1.165) is 26.3 Å². The fraction of sp³-hybridized carbons (Fsp3) is 0.514. The fourth-order valence-corrected chi connectivity index (χ4v) is 7.93. The van der Waals surface area contributed by atoms with E-state index >= 15 is 0 Å². The van der Waals surface area contributed by atoms with Crippen LogP contribution in [0.2, 0.25) is 0 Å². The maximum atomic E-state index is 13.7. The van der Waals surface area contributed by atoms with E-state index in [-0.39, 0.29) is 23.1 Å². The summed E-state index contributed by atoms with van der Waals surface area (Å²) in [6.45, 7) is 15.2. The highest BCUT2D eigenvalue weighted by atomic mass is 16.6. The van der Waals surface area contributed by atoms with Gasteiger partial charge in [-0.2, -0.15) is 0 Å². The Hall–Kier alpha value is -4.58. The molecule has 264 valence electrons. The van der Waals surface area contributed by atoms with Gasteiger partial charge >= 0.3 is 29.8 Å². The summed E-state index contributed by atoms with van der Waals surface area (Å²) in [6, 6.07) is 9.00. The number of ether oxygens (including phenoxy) is 5. The van der Waals surface area contributed by atoms with Crippen molar-refractivity contribution >= 4 is 41.7 Å². The zero-order valence-electron chi connectivity index (χ0n) is 29.1. The molecule has 12 heteroatoms. The molecule has 12 nitrogen and oxygen atoms in total. The monoisotopic (exact) mass is 680 g/mol. The molecule has 8 atom stereocenters. The Bertz CT molecular complexity index is 1620. The van der Waals surface area contributed by atoms with Gasteiger partial charge in [-0.3, -0.25) is 24.0 Å². The number of benzene rings is 1. The molecule has 1 N–H and O–H groups in total. The molecule has 8 unspecified atom stereocenters. The van der Waals surface area contributed by atoms with Gasteiger partial charge in [-0.25, -0.2) is 4.79 Å². The standard InChI is InChI=1S/C37H44O12/c1-19-26(42)18-37(44)33(47-23(5)40)31-20(2)27(49-29(43)16-15-25-13-11-10-12-14-25)17-28(45-21(3)38)36(31,9)34(48-24(6)41)32(46-22(4)39)30(19)35(37,7)8/h10-16,27-28,31-34,44H,2,17-18H2,1,3-9H3. The number of carbonyl (C=O) groups excluding carboxylic acids is 6. The lowest BCUT2D eigenvalue weighted by atomic mass is 9.47. The molecule has 2 fully saturated rings. The highest BCUT2D eigenvalue weighted by Gasteiger charge is 2.72. The zero-order chi connectivity index (χ0) is 36.6. The lowest BCUT2D eigenvalue weighted by Gasteiger charge is -2.63. The van der Waals surface area contributed by atoms with Crippen LogP contribution in [0.25, 0.3) is 6.08 Å². The number of hydrogen-bond acceptors (Lipinski definition) is 12. The lowest BCUT2D eigenvalue weighted by molar-refractivity contribution is -0.253. The van der Waals surface area contributed by atoms with Crippen molar-refractivity contribution in [3.05, 3.63) is 65.3 Å². The number of ketones is 1. The molecule has 0 radical (unpaired) electrons. The van der Waals surface area contributed by atoms with Crippen molar-refractivity contribution in [3.63, 3.8) is 0 Å². The van der Waals surface area contributed by atoms with Gasteiger partial charge in [0.05, 0.1) is 5.41 Å². The van der Waals surface area contributed by atoms with Crippen LogP contribution in [-0.4, -0.2) is 76.9 Å². The predicted molar refractivity (Wildman–Crippen MR) is 174 cm³/mol. The number of hydrogen-bond donors (Lipinski definition) is 1. The van der Waals surface area contributed by atoms with Gasteiger partial charge in [0.1, 0.15) is 23.9 Å². The molecular weight excluding hydrogens is 636 g/mol. The fourth-order valence-electron chi connectivity index (χ4n) is 7.93. The van der Waals surface area contributed by atoms with Crippen LogP contribution >= 0.6 is 0 Å². The summed E-state index contributed by atoms with van der Waals surface area (Å²) in [4.78, 5) is 78.1. The summed E-state index contributed by atoms with van der Waals surface area (Å²) in [5, 5.41) is 12.8. The quantitative estimate of drug-likeness (QED) is 0.191. The van der Waals surface area contributed by atoms with Crippen LogP contribution in [-0.2, 0) is 52.5 Å². The Balaban J connectivity index is 2.03. The molecule has 0 amide bonds. The van der Waals surface area contributed by atoms with E-state index in [9.17, 15) is 33.9 Å². The van der Waals surface area contributed by atoms with Gasteiger partial charge in [0.25, 0.3) is 0 Å². The van der Waals surface area contributed by atoms with E-state index in [0.29, 0.717) is 0 Å². The van der Waals surface area contributed by atoms with Crippen molar-refractivity contribution in [1.82, 2.24) is 0 Å². The summed E-state index contributed by atoms with van der Waals surface area (Å²) >= 11 is 0. The molecule has 1 aromatic rings. The second-order valence-corrected chi connectivity index (χ2v) is 13.7. The van der Waals surface area contributed by atoms with Gasteiger partial charge in [0, 0.05) is 57.9 Å². The molecule has 3 aliphatic carbocycles. The lowest BCUT2D eigenvalue weighted by Crippen LogP contribution is -2.73. The SMILES string of the molecule is C=C1C(OC(=O)C=Cc2ccccc2)CC(OC(C)=O)C2(C)C(OC(C)=O)C(OC(C)=O)C3=C(C)C(=O)CC(O)(C(OC(C)=O)C12)C3(C)C. The molecular formula is C37H44O12. The zero-order valence-corrected chi connectivity index (χ0v) is 29.1. The molecule has 1 aromatic carbocycles. The van der Waals surface area contributed by atoms with Gasteiger partial charge in [0.15, 0.2) is 18.0 Å². The van der Waals surface area contributed by atoms with Crippen LogP contribution in [0.3, 0.4) is 0 Å². The number of esters is 5. The summed E-state index contributed by atoms with van der Waals surface area (Å²) in [5.41, 5.74) is -4.15. The Morgan fingerprint density at radius 1 is 0.837 bits per heavy atom. The van der Waals surface area contributed by atoms with Crippen molar-refractivity contribution in [2.24, 2.45) is 16.7 Å². The largest absolute Gasteiger partial charge is 0.462 e. The average molecular weight is 681 g/mol. The second-order valence-electron chi connectivity index (χ2n) is 13.7. The number of allylic oxidation sites excluding steroid dienone is 1. The molecule has 0 heterocycles.